The molecule has 1 aromatic carbocycles. The van der Waals surface area contributed by atoms with Crippen molar-refractivity contribution in [3.63, 3.8) is 0 Å². The zero-order chi connectivity index (χ0) is 15.5. The molecule has 1 aliphatic rings. The summed E-state index contributed by atoms with van der Waals surface area (Å²) < 4.78 is 19.7. The third-order valence-corrected chi connectivity index (χ3v) is 4.79. The van der Waals surface area contributed by atoms with Gasteiger partial charge in [0.05, 0.1) is 22.9 Å². The van der Waals surface area contributed by atoms with Gasteiger partial charge in [0.25, 0.3) is 0 Å². The molecule has 1 aliphatic heterocycles. The summed E-state index contributed by atoms with van der Waals surface area (Å²) in [5.74, 6) is -0.231. The number of carbonyl (C=O) groups is 1. The number of ether oxygens (including phenoxy) is 1. The predicted octanol–water partition coefficient (Wildman–Crippen LogP) is 3.75. The summed E-state index contributed by atoms with van der Waals surface area (Å²) >= 11 is 1.36. The Morgan fingerprint density at radius 2 is 2.41 bits per heavy atom. The van der Waals surface area contributed by atoms with Gasteiger partial charge in [0, 0.05) is 13.0 Å². The van der Waals surface area contributed by atoms with Crippen molar-refractivity contribution in [2.24, 2.45) is 0 Å². The molecule has 2 heterocycles. The quantitative estimate of drug-likeness (QED) is 0.842. The van der Waals surface area contributed by atoms with Gasteiger partial charge in [0.1, 0.15) is 5.82 Å². The van der Waals surface area contributed by atoms with Crippen LogP contribution in [-0.2, 0) is 9.53 Å². The predicted molar refractivity (Wildman–Crippen MR) is 85.8 cm³/mol. The van der Waals surface area contributed by atoms with Crippen molar-refractivity contribution < 1.29 is 13.9 Å². The number of halogens is 1. The molecule has 0 N–H and O–H groups in total. The van der Waals surface area contributed by atoms with Crippen molar-refractivity contribution in [3.8, 4) is 0 Å². The minimum absolute atomic E-state index is 0.0533. The zero-order valence-corrected chi connectivity index (χ0v) is 13.4. The van der Waals surface area contributed by atoms with Gasteiger partial charge in [-0.25, -0.2) is 9.37 Å². The third-order valence-electron chi connectivity index (χ3n) is 3.75. The fourth-order valence-corrected chi connectivity index (χ4v) is 3.65. The number of anilines is 1. The van der Waals surface area contributed by atoms with Crippen LogP contribution in [-0.4, -0.2) is 30.1 Å². The van der Waals surface area contributed by atoms with E-state index in [-0.39, 0.29) is 17.8 Å². The van der Waals surface area contributed by atoms with Crippen LogP contribution in [0, 0.1) is 5.82 Å². The first-order valence-corrected chi connectivity index (χ1v) is 8.47. The van der Waals surface area contributed by atoms with Crippen molar-refractivity contribution in [1.82, 2.24) is 4.98 Å². The van der Waals surface area contributed by atoms with E-state index in [1.54, 1.807) is 11.0 Å². The van der Waals surface area contributed by atoms with Gasteiger partial charge in [0.2, 0.25) is 5.91 Å². The number of fused-ring (bicyclic) bond motifs is 1. The molecular formula is C16H19FN2O2S. The molecule has 118 valence electrons. The lowest BCUT2D eigenvalue weighted by Gasteiger charge is -2.22. The lowest BCUT2D eigenvalue weighted by atomic mass is 10.2. The van der Waals surface area contributed by atoms with Crippen LogP contribution in [0.15, 0.2) is 18.2 Å². The van der Waals surface area contributed by atoms with Crippen LogP contribution in [0.4, 0.5) is 9.52 Å². The standard InChI is InChI=1S/C16H19FN2O2S/c1-2-4-15(20)19(10-12-5-3-8-21-12)16-18-13-7-6-11(17)9-14(13)22-16/h6-7,9,12H,2-5,8,10H2,1H3. The lowest BCUT2D eigenvalue weighted by molar-refractivity contribution is -0.119. The minimum atomic E-state index is -0.284. The average molecular weight is 322 g/mol. The first kappa shape index (κ1) is 15.4. The Bertz CT molecular complexity index is 667. The first-order chi connectivity index (χ1) is 10.7. The minimum Gasteiger partial charge on any atom is -0.376 e. The average Bonchev–Trinajstić information content (AvgIpc) is 3.13. The molecule has 1 aromatic heterocycles. The molecule has 1 atom stereocenters. The molecular weight excluding hydrogens is 303 g/mol. The summed E-state index contributed by atoms with van der Waals surface area (Å²) in [6.07, 6.45) is 3.35. The van der Waals surface area contributed by atoms with E-state index < -0.39 is 0 Å². The van der Waals surface area contributed by atoms with E-state index in [0.29, 0.717) is 18.1 Å². The van der Waals surface area contributed by atoms with Crippen LogP contribution in [0.2, 0.25) is 0 Å². The molecule has 3 rings (SSSR count). The molecule has 0 bridgehead atoms. The van der Waals surface area contributed by atoms with Crippen molar-refractivity contribution >= 4 is 32.6 Å². The van der Waals surface area contributed by atoms with E-state index in [4.69, 9.17) is 4.74 Å². The highest BCUT2D eigenvalue weighted by molar-refractivity contribution is 7.22. The van der Waals surface area contributed by atoms with E-state index in [1.165, 1.54) is 23.5 Å². The Labute approximate surface area is 132 Å². The van der Waals surface area contributed by atoms with Gasteiger partial charge in [-0.15, -0.1) is 0 Å². The highest BCUT2D eigenvalue weighted by atomic mass is 32.1. The fourth-order valence-electron chi connectivity index (χ4n) is 2.63. The maximum Gasteiger partial charge on any atom is 0.228 e. The maximum atomic E-state index is 13.3. The first-order valence-electron chi connectivity index (χ1n) is 7.65. The van der Waals surface area contributed by atoms with Gasteiger partial charge in [-0.05, 0) is 37.5 Å². The number of nitrogens with zero attached hydrogens (tertiary/aromatic N) is 2. The second-order valence-electron chi connectivity index (χ2n) is 5.50. The van der Waals surface area contributed by atoms with Crippen molar-refractivity contribution in [2.45, 2.75) is 38.7 Å². The Morgan fingerprint density at radius 3 is 3.14 bits per heavy atom. The van der Waals surface area contributed by atoms with Crippen molar-refractivity contribution in [2.75, 3.05) is 18.1 Å². The zero-order valence-electron chi connectivity index (χ0n) is 12.5. The van der Waals surface area contributed by atoms with E-state index in [1.807, 2.05) is 6.92 Å². The monoisotopic (exact) mass is 322 g/mol. The SMILES string of the molecule is CCCC(=O)N(CC1CCCO1)c1nc2ccc(F)cc2s1. The highest BCUT2D eigenvalue weighted by Gasteiger charge is 2.25. The third kappa shape index (κ3) is 3.28. The fraction of sp³-hybridized carbons (Fsp3) is 0.500. The summed E-state index contributed by atoms with van der Waals surface area (Å²) in [7, 11) is 0. The van der Waals surface area contributed by atoms with Gasteiger partial charge in [-0.1, -0.05) is 18.3 Å². The van der Waals surface area contributed by atoms with Gasteiger partial charge < -0.3 is 4.74 Å². The largest absolute Gasteiger partial charge is 0.376 e. The van der Waals surface area contributed by atoms with Crippen LogP contribution in [0.25, 0.3) is 10.2 Å². The van der Waals surface area contributed by atoms with Gasteiger partial charge in [-0.2, -0.15) is 0 Å². The van der Waals surface area contributed by atoms with E-state index in [2.05, 4.69) is 4.98 Å². The second-order valence-corrected chi connectivity index (χ2v) is 6.51. The number of rotatable bonds is 5. The van der Waals surface area contributed by atoms with Crippen LogP contribution in [0.5, 0.6) is 0 Å². The highest BCUT2D eigenvalue weighted by Crippen LogP contribution is 2.30. The van der Waals surface area contributed by atoms with Crippen molar-refractivity contribution in [1.29, 1.82) is 0 Å². The summed E-state index contributed by atoms with van der Waals surface area (Å²) in [5, 5.41) is 0.634. The smallest absolute Gasteiger partial charge is 0.228 e. The maximum absolute atomic E-state index is 13.3. The lowest BCUT2D eigenvalue weighted by Crippen LogP contribution is -2.37. The summed E-state index contributed by atoms with van der Waals surface area (Å²) in [5.41, 5.74) is 0.725. The number of aromatic nitrogens is 1. The Hall–Kier alpha value is -1.53. The van der Waals surface area contributed by atoms with Gasteiger partial charge in [-0.3, -0.25) is 9.69 Å². The summed E-state index contributed by atoms with van der Waals surface area (Å²) in [6, 6.07) is 4.51. The van der Waals surface area contributed by atoms with Crippen LogP contribution < -0.4 is 4.90 Å². The Balaban J connectivity index is 1.89. The number of benzene rings is 1. The Kier molecular flexibility index (Phi) is 4.69. The normalized spacial score (nSPS) is 18.0. The van der Waals surface area contributed by atoms with E-state index in [9.17, 15) is 9.18 Å². The van der Waals surface area contributed by atoms with E-state index in [0.717, 1.165) is 36.1 Å². The molecule has 0 saturated carbocycles. The van der Waals surface area contributed by atoms with E-state index >= 15 is 0 Å². The van der Waals surface area contributed by atoms with Gasteiger partial charge >= 0.3 is 0 Å². The Morgan fingerprint density at radius 1 is 1.55 bits per heavy atom. The van der Waals surface area contributed by atoms with Gasteiger partial charge in [0.15, 0.2) is 5.13 Å². The number of thiazole rings is 1. The van der Waals surface area contributed by atoms with Crippen LogP contribution >= 0.6 is 11.3 Å². The molecule has 22 heavy (non-hydrogen) atoms. The molecule has 1 amide bonds. The molecule has 1 saturated heterocycles. The number of amides is 1. The molecule has 6 heteroatoms. The molecule has 0 spiro atoms. The summed E-state index contributed by atoms with van der Waals surface area (Å²) in [6.45, 7) is 3.27. The molecule has 4 nitrogen and oxygen atoms in total. The molecule has 1 unspecified atom stereocenters. The van der Waals surface area contributed by atoms with Crippen LogP contribution in [0.3, 0.4) is 0 Å². The number of carbonyl (C=O) groups excluding carboxylic acids is 1. The van der Waals surface area contributed by atoms with Crippen LogP contribution in [0.1, 0.15) is 32.6 Å². The summed E-state index contributed by atoms with van der Waals surface area (Å²) in [4.78, 5) is 18.6. The van der Waals surface area contributed by atoms with Crippen molar-refractivity contribution in [3.05, 3.63) is 24.0 Å². The molecule has 2 aromatic rings. The molecule has 0 aliphatic carbocycles. The number of hydrogen-bond donors (Lipinski definition) is 0. The second kappa shape index (κ2) is 6.71. The molecule has 0 radical (unpaired) electrons. The topological polar surface area (TPSA) is 42.4 Å². The number of hydrogen-bond acceptors (Lipinski definition) is 4. The molecule has 1 fully saturated rings.